The lowest BCUT2D eigenvalue weighted by Gasteiger charge is -1.96. The molecule has 0 aliphatic rings. The van der Waals surface area contributed by atoms with Gasteiger partial charge in [-0.3, -0.25) is 4.40 Å². The van der Waals surface area contributed by atoms with E-state index in [1.807, 2.05) is 0 Å². The van der Waals surface area contributed by atoms with Gasteiger partial charge in [0.15, 0.2) is 5.69 Å². The number of hydrogen-bond donors (Lipinski definition) is 1. The van der Waals surface area contributed by atoms with Gasteiger partial charge in [-0.05, 0) is 18.2 Å². The molecule has 0 unspecified atom stereocenters. The standard InChI is InChI=1S/C8H5ClN2O2.ClH/c9-7-2-1-5-3-6(8(12)13)10-4-11(5)7;/h1-4H,(H,12,13);1H. The number of aromatic carboxylic acids is 1. The van der Waals surface area contributed by atoms with Crippen LogP contribution in [0.4, 0.5) is 0 Å². The van der Waals surface area contributed by atoms with Crippen LogP contribution in [0.1, 0.15) is 10.5 Å². The molecule has 4 nitrogen and oxygen atoms in total. The summed E-state index contributed by atoms with van der Waals surface area (Å²) in [5.74, 6) is -1.04. The van der Waals surface area contributed by atoms with Crippen LogP contribution in [0.15, 0.2) is 24.5 Å². The Kier molecular flexibility index (Phi) is 2.98. The first-order valence-corrected chi connectivity index (χ1v) is 3.92. The zero-order valence-electron chi connectivity index (χ0n) is 6.85. The number of fused-ring (bicyclic) bond motifs is 1. The van der Waals surface area contributed by atoms with E-state index in [1.165, 1.54) is 12.4 Å². The Bertz CT molecular complexity index is 481. The highest BCUT2D eigenvalue weighted by molar-refractivity contribution is 6.30. The summed E-state index contributed by atoms with van der Waals surface area (Å²) in [6.07, 6.45) is 1.39. The van der Waals surface area contributed by atoms with Crippen molar-refractivity contribution in [1.82, 2.24) is 9.38 Å². The fraction of sp³-hybridized carbons (Fsp3) is 0. The van der Waals surface area contributed by atoms with Gasteiger partial charge in [0.2, 0.25) is 0 Å². The molecule has 0 saturated carbocycles. The minimum atomic E-state index is -1.04. The lowest BCUT2D eigenvalue weighted by molar-refractivity contribution is 0.0690. The molecule has 1 N–H and O–H groups in total. The van der Waals surface area contributed by atoms with E-state index in [0.29, 0.717) is 5.15 Å². The van der Waals surface area contributed by atoms with Crippen LogP contribution in [-0.4, -0.2) is 20.5 Å². The Hall–Kier alpha value is -1.26. The van der Waals surface area contributed by atoms with Gasteiger partial charge in [-0.2, -0.15) is 0 Å². The predicted molar refractivity (Wildman–Crippen MR) is 54.4 cm³/mol. The van der Waals surface area contributed by atoms with Crippen LogP contribution in [0.25, 0.3) is 5.52 Å². The molecule has 0 aliphatic carbocycles. The van der Waals surface area contributed by atoms with Crippen molar-refractivity contribution in [3.05, 3.63) is 35.4 Å². The second-order valence-corrected chi connectivity index (χ2v) is 2.92. The summed E-state index contributed by atoms with van der Waals surface area (Å²) in [6, 6.07) is 4.88. The van der Waals surface area contributed by atoms with Crippen molar-refractivity contribution in [2.75, 3.05) is 0 Å². The van der Waals surface area contributed by atoms with Crippen molar-refractivity contribution in [1.29, 1.82) is 0 Å². The largest absolute Gasteiger partial charge is 0.477 e. The number of nitrogens with zero attached hydrogens (tertiary/aromatic N) is 2. The number of carbonyl (C=O) groups is 1. The fourth-order valence-electron chi connectivity index (χ4n) is 1.09. The Morgan fingerprint density at radius 2 is 2.21 bits per heavy atom. The van der Waals surface area contributed by atoms with E-state index in [4.69, 9.17) is 16.7 Å². The molecule has 0 aliphatic heterocycles. The van der Waals surface area contributed by atoms with Crippen LogP contribution in [-0.2, 0) is 0 Å². The van der Waals surface area contributed by atoms with Gasteiger partial charge in [-0.25, -0.2) is 9.78 Å². The van der Waals surface area contributed by atoms with Crippen LogP contribution >= 0.6 is 24.0 Å². The van der Waals surface area contributed by atoms with Gasteiger partial charge >= 0.3 is 5.97 Å². The lowest BCUT2D eigenvalue weighted by atomic mass is 10.3. The summed E-state index contributed by atoms with van der Waals surface area (Å²) in [5.41, 5.74) is 0.736. The van der Waals surface area contributed by atoms with Crippen molar-refractivity contribution >= 4 is 35.5 Å². The van der Waals surface area contributed by atoms with Gasteiger partial charge < -0.3 is 5.11 Å². The first-order valence-electron chi connectivity index (χ1n) is 3.54. The molecule has 2 rings (SSSR count). The number of rotatable bonds is 1. The molecule has 2 aromatic heterocycles. The summed E-state index contributed by atoms with van der Waals surface area (Å²) in [4.78, 5) is 14.3. The molecule has 0 spiro atoms. The van der Waals surface area contributed by atoms with Crippen LogP contribution in [0, 0.1) is 0 Å². The van der Waals surface area contributed by atoms with E-state index in [9.17, 15) is 4.79 Å². The van der Waals surface area contributed by atoms with Gasteiger partial charge in [0.25, 0.3) is 0 Å². The SMILES string of the molecule is Cl.O=C(O)c1cc2ccc(Cl)n2cn1. The molecule has 2 heterocycles. The maximum Gasteiger partial charge on any atom is 0.354 e. The molecular weight excluding hydrogens is 227 g/mol. The van der Waals surface area contributed by atoms with Crippen molar-refractivity contribution in [3.8, 4) is 0 Å². The van der Waals surface area contributed by atoms with E-state index in [1.54, 1.807) is 16.5 Å². The topological polar surface area (TPSA) is 54.6 Å². The van der Waals surface area contributed by atoms with E-state index >= 15 is 0 Å². The Morgan fingerprint density at radius 3 is 2.86 bits per heavy atom. The van der Waals surface area contributed by atoms with Crippen LogP contribution in [0.3, 0.4) is 0 Å². The highest BCUT2D eigenvalue weighted by Gasteiger charge is 2.06. The minimum Gasteiger partial charge on any atom is -0.477 e. The monoisotopic (exact) mass is 232 g/mol. The summed E-state index contributed by atoms with van der Waals surface area (Å²) < 4.78 is 1.61. The summed E-state index contributed by atoms with van der Waals surface area (Å²) in [7, 11) is 0. The predicted octanol–water partition coefficient (Wildman–Crippen LogP) is 2.11. The number of halogens is 2. The van der Waals surface area contributed by atoms with Crippen molar-refractivity contribution < 1.29 is 9.90 Å². The molecule has 0 bridgehead atoms. The first-order chi connectivity index (χ1) is 6.18. The van der Waals surface area contributed by atoms with Crippen LogP contribution < -0.4 is 0 Å². The first kappa shape index (κ1) is 10.8. The van der Waals surface area contributed by atoms with Crippen molar-refractivity contribution in [2.45, 2.75) is 0 Å². The molecule has 6 heteroatoms. The second kappa shape index (κ2) is 3.86. The average Bonchev–Trinajstić information content (AvgIpc) is 2.47. The number of carboxylic acids is 1. The number of carboxylic acid groups (broad SMARTS) is 1. The van der Waals surface area contributed by atoms with Gasteiger partial charge in [-0.15, -0.1) is 12.4 Å². The molecule has 0 fully saturated rings. The Labute approximate surface area is 90.5 Å². The van der Waals surface area contributed by atoms with Gasteiger partial charge in [0.05, 0.1) is 5.52 Å². The molecular formula is C8H6Cl2N2O2. The highest BCUT2D eigenvalue weighted by Crippen LogP contribution is 2.14. The molecule has 0 atom stereocenters. The van der Waals surface area contributed by atoms with Crippen molar-refractivity contribution in [3.63, 3.8) is 0 Å². The van der Waals surface area contributed by atoms with Crippen LogP contribution in [0.2, 0.25) is 5.15 Å². The van der Waals surface area contributed by atoms with Gasteiger partial charge in [-0.1, -0.05) is 11.6 Å². The third kappa shape index (κ3) is 1.66. The fourth-order valence-corrected chi connectivity index (χ4v) is 1.30. The average molecular weight is 233 g/mol. The zero-order chi connectivity index (χ0) is 9.42. The van der Waals surface area contributed by atoms with Gasteiger partial charge in [0.1, 0.15) is 11.5 Å². The maximum atomic E-state index is 10.5. The van der Waals surface area contributed by atoms with Crippen molar-refractivity contribution in [2.24, 2.45) is 0 Å². The summed E-state index contributed by atoms with van der Waals surface area (Å²) >= 11 is 5.78. The second-order valence-electron chi connectivity index (χ2n) is 2.53. The summed E-state index contributed by atoms with van der Waals surface area (Å²) in [5, 5.41) is 9.16. The van der Waals surface area contributed by atoms with Gasteiger partial charge in [0, 0.05) is 0 Å². The highest BCUT2D eigenvalue weighted by atomic mass is 35.5. The molecule has 0 amide bonds. The number of hydrogen-bond acceptors (Lipinski definition) is 2. The number of aromatic nitrogens is 2. The molecule has 14 heavy (non-hydrogen) atoms. The van der Waals surface area contributed by atoms with E-state index in [-0.39, 0.29) is 18.1 Å². The molecule has 2 aromatic rings. The maximum absolute atomic E-state index is 10.5. The molecule has 0 saturated heterocycles. The Balaban J connectivity index is 0.000000980. The normalized spacial score (nSPS) is 9.79. The summed E-state index contributed by atoms with van der Waals surface area (Å²) in [6.45, 7) is 0. The molecule has 0 aromatic carbocycles. The third-order valence-corrected chi connectivity index (χ3v) is 2.02. The zero-order valence-corrected chi connectivity index (χ0v) is 8.42. The smallest absolute Gasteiger partial charge is 0.354 e. The molecule has 0 radical (unpaired) electrons. The third-order valence-electron chi connectivity index (χ3n) is 1.72. The molecule has 74 valence electrons. The van der Waals surface area contributed by atoms with E-state index in [0.717, 1.165) is 5.52 Å². The van der Waals surface area contributed by atoms with E-state index in [2.05, 4.69) is 4.98 Å². The lowest BCUT2D eigenvalue weighted by Crippen LogP contribution is -2.01. The minimum absolute atomic E-state index is 0. The van der Waals surface area contributed by atoms with Crippen LogP contribution in [0.5, 0.6) is 0 Å². The quantitative estimate of drug-likeness (QED) is 0.820. The van der Waals surface area contributed by atoms with E-state index < -0.39 is 5.97 Å². The Morgan fingerprint density at radius 1 is 1.50 bits per heavy atom.